The van der Waals surface area contributed by atoms with Crippen LogP contribution in [0.15, 0.2) is 0 Å². The average molecular weight is 119 g/mol. The standard InChI is InChI=1S/C5H8FO2/c1-4(3-6)2-5(7)8/h4H,2-3H2,1H3. The van der Waals surface area contributed by atoms with Crippen LogP contribution in [0.3, 0.4) is 0 Å². The average Bonchev–Trinajstić information content (AvgIpc) is 1.65. The molecule has 1 atom stereocenters. The van der Waals surface area contributed by atoms with Crippen LogP contribution in [0.2, 0.25) is 0 Å². The molecule has 1 unspecified atom stereocenters. The lowest BCUT2D eigenvalue weighted by molar-refractivity contribution is -0.144. The van der Waals surface area contributed by atoms with Gasteiger partial charge in [0.1, 0.15) is 0 Å². The van der Waals surface area contributed by atoms with Crippen molar-refractivity contribution in [2.75, 3.05) is 6.67 Å². The predicted octanol–water partition coefficient (Wildman–Crippen LogP) is 0.939. The summed E-state index contributed by atoms with van der Waals surface area (Å²) in [6.07, 6.45) is -0.184. The fourth-order valence-corrected chi connectivity index (χ4v) is 0.339. The normalized spacial score (nSPS) is 13.2. The number of halogens is 1. The second-order valence-electron chi connectivity index (χ2n) is 1.84. The Morgan fingerprint density at radius 2 is 2.25 bits per heavy atom. The van der Waals surface area contributed by atoms with Crippen molar-refractivity contribution >= 4 is 5.97 Å². The van der Waals surface area contributed by atoms with Gasteiger partial charge < -0.3 is 0 Å². The molecule has 0 amide bonds. The van der Waals surface area contributed by atoms with Crippen LogP contribution in [0.25, 0.3) is 0 Å². The summed E-state index contributed by atoms with van der Waals surface area (Å²) in [6, 6.07) is 0. The van der Waals surface area contributed by atoms with Crippen molar-refractivity contribution in [1.29, 1.82) is 0 Å². The second-order valence-corrected chi connectivity index (χ2v) is 1.84. The van der Waals surface area contributed by atoms with Crippen molar-refractivity contribution in [2.45, 2.75) is 13.3 Å². The number of rotatable bonds is 3. The zero-order valence-corrected chi connectivity index (χ0v) is 4.69. The third-order valence-corrected chi connectivity index (χ3v) is 0.779. The van der Waals surface area contributed by atoms with Gasteiger partial charge in [-0.1, -0.05) is 6.92 Å². The van der Waals surface area contributed by atoms with Gasteiger partial charge in [-0.25, -0.2) is 9.90 Å². The van der Waals surface area contributed by atoms with E-state index in [9.17, 15) is 14.3 Å². The summed E-state index contributed by atoms with van der Waals surface area (Å²) in [7, 11) is 0. The molecular formula is C5H8FO2. The maximum absolute atomic E-state index is 11.5. The van der Waals surface area contributed by atoms with Gasteiger partial charge in [-0.15, -0.1) is 0 Å². The predicted molar refractivity (Wildman–Crippen MR) is 25.4 cm³/mol. The zero-order valence-electron chi connectivity index (χ0n) is 4.69. The van der Waals surface area contributed by atoms with E-state index < -0.39 is 18.6 Å². The van der Waals surface area contributed by atoms with E-state index in [0.717, 1.165) is 0 Å². The van der Waals surface area contributed by atoms with Gasteiger partial charge in [-0.05, 0) is 5.92 Å². The fraction of sp³-hybridized carbons (Fsp3) is 0.800. The van der Waals surface area contributed by atoms with Gasteiger partial charge in [0.25, 0.3) is 0 Å². The van der Waals surface area contributed by atoms with Crippen LogP contribution in [0.5, 0.6) is 0 Å². The van der Waals surface area contributed by atoms with Crippen molar-refractivity contribution in [2.24, 2.45) is 5.92 Å². The molecule has 0 rings (SSSR count). The van der Waals surface area contributed by atoms with E-state index in [1.807, 2.05) is 0 Å². The van der Waals surface area contributed by atoms with E-state index in [1.165, 1.54) is 6.92 Å². The molecule has 8 heavy (non-hydrogen) atoms. The van der Waals surface area contributed by atoms with Gasteiger partial charge in [0.2, 0.25) is 0 Å². The molecule has 0 N–H and O–H groups in total. The molecule has 0 aromatic heterocycles. The Bertz CT molecular complexity index is 82.5. The van der Waals surface area contributed by atoms with Crippen molar-refractivity contribution in [3.63, 3.8) is 0 Å². The van der Waals surface area contributed by atoms with Crippen LogP contribution in [0, 0.1) is 5.92 Å². The van der Waals surface area contributed by atoms with Crippen molar-refractivity contribution in [3.05, 3.63) is 0 Å². The highest BCUT2D eigenvalue weighted by Gasteiger charge is 2.06. The Hall–Kier alpha value is -0.600. The largest absolute Gasteiger partial charge is 0.355 e. The van der Waals surface area contributed by atoms with Crippen LogP contribution in [0.4, 0.5) is 4.39 Å². The first kappa shape index (κ1) is 7.40. The Labute approximate surface area is 47.3 Å². The molecule has 0 fully saturated rings. The van der Waals surface area contributed by atoms with E-state index in [0.29, 0.717) is 0 Å². The van der Waals surface area contributed by atoms with Gasteiger partial charge in [-0.3, -0.25) is 4.39 Å². The highest BCUT2D eigenvalue weighted by Crippen LogP contribution is 2.00. The van der Waals surface area contributed by atoms with E-state index in [2.05, 4.69) is 0 Å². The van der Waals surface area contributed by atoms with E-state index in [-0.39, 0.29) is 6.42 Å². The third-order valence-electron chi connectivity index (χ3n) is 0.779. The summed E-state index contributed by atoms with van der Waals surface area (Å²) in [5, 5.41) is 9.69. The first-order valence-electron chi connectivity index (χ1n) is 2.42. The van der Waals surface area contributed by atoms with E-state index >= 15 is 0 Å². The van der Waals surface area contributed by atoms with E-state index in [1.54, 1.807) is 0 Å². The van der Waals surface area contributed by atoms with Crippen LogP contribution < -0.4 is 0 Å². The SMILES string of the molecule is CC(CF)CC([O])=O. The number of carbonyl (C=O) groups is 1. The molecule has 47 valence electrons. The highest BCUT2D eigenvalue weighted by molar-refractivity contribution is 5.66. The van der Waals surface area contributed by atoms with Gasteiger partial charge in [0.15, 0.2) is 0 Å². The van der Waals surface area contributed by atoms with Gasteiger partial charge >= 0.3 is 5.97 Å². The Morgan fingerprint density at radius 1 is 1.75 bits per heavy atom. The molecule has 0 aliphatic carbocycles. The Morgan fingerprint density at radius 3 is 2.38 bits per heavy atom. The molecule has 0 aromatic carbocycles. The summed E-state index contributed by atoms with van der Waals surface area (Å²) in [6.45, 7) is 0.934. The van der Waals surface area contributed by atoms with Crippen LogP contribution in [-0.2, 0) is 9.90 Å². The topological polar surface area (TPSA) is 37.0 Å². The lowest BCUT2D eigenvalue weighted by atomic mass is 10.1. The van der Waals surface area contributed by atoms with Crippen molar-refractivity contribution < 1.29 is 14.3 Å². The van der Waals surface area contributed by atoms with Crippen LogP contribution in [-0.4, -0.2) is 12.6 Å². The summed E-state index contributed by atoms with van der Waals surface area (Å²) >= 11 is 0. The van der Waals surface area contributed by atoms with E-state index in [4.69, 9.17) is 0 Å². The van der Waals surface area contributed by atoms with Crippen LogP contribution in [0.1, 0.15) is 13.3 Å². The molecule has 0 aliphatic rings. The molecule has 0 spiro atoms. The number of alkyl halides is 1. The summed E-state index contributed by atoms with van der Waals surface area (Å²) in [5.74, 6) is -1.59. The molecule has 0 saturated heterocycles. The number of hydrogen-bond acceptors (Lipinski definition) is 1. The molecule has 0 aromatic rings. The van der Waals surface area contributed by atoms with Crippen LogP contribution >= 0.6 is 0 Å². The van der Waals surface area contributed by atoms with Crippen molar-refractivity contribution in [1.82, 2.24) is 0 Å². The number of carbonyl (C=O) groups excluding carboxylic acids is 1. The Kier molecular flexibility index (Phi) is 3.15. The van der Waals surface area contributed by atoms with Crippen molar-refractivity contribution in [3.8, 4) is 0 Å². The molecular weight excluding hydrogens is 111 g/mol. The quantitative estimate of drug-likeness (QED) is 0.544. The third kappa shape index (κ3) is 3.59. The minimum absolute atomic E-state index is 0.184. The summed E-state index contributed by atoms with van der Waals surface area (Å²) in [4.78, 5) is 9.69. The minimum atomic E-state index is -1.19. The first-order valence-corrected chi connectivity index (χ1v) is 2.42. The zero-order chi connectivity index (χ0) is 6.57. The van der Waals surface area contributed by atoms with Gasteiger partial charge in [0.05, 0.1) is 13.1 Å². The van der Waals surface area contributed by atoms with Gasteiger partial charge in [-0.2, -0.15) is 0 Å². The molecule has 0 saturated carbocycles. The van der Waals surface area contributed by atoms with Gasteiger partial charge in [0, 0.05) is 0 Å². The molecule has 0 aliphatic heterocycles. The highest BCUT2D eigenvalue weighted by atomic mass is 19.1. The lowest BCUT2D eigenvalue weighted by Crippen LogP contribution is -2.03. The molecule has 3 heteroatoms. The monoisotopic (exact) mass is 119 g/mol. The number of hydrogen-bond donors (Lipinski definition) is 0. The minimum Gasteiger partial charge on any atom is -0.251 e. The molecule has 2 nitrogen and oxygen atoms in total. The smallest absolute Gasteiger partial charge is 0.251 e. The first-order chi connectivity index (χ1) is 3.66. The lowest BCUT2D eigenvalue weighted by Gasteiger charge is -1.96. The second kappa shape index (κ2) is 3.41. The fourth-order valence-electron chi connectivity index (χ4n) is 0.339. The molecule has 1 radical (unpaired) electrons. The Balaban J connectivity index is 3.24. The summed E-state index contributed by atoms with van der Waals surface area (Å²) in [5.41, 5.74) is 0. The molecule has 0 heterocycles. The maximum atomic E-state index is 11.5. The molecule has 0 bridgehead atoms. The maximum Gasteiger partial charge on any atom is 0.355 e. The summed E-state index contributed by atoms with van der Waals surface area (Å²) < 4.78 is 11.5.